The van der Waals surface area contributed by atoms with Crippen LogP contribution in [0.15, 0.2) is 78.2 Å². The molecule has 9 heteroatoms. The lowest BCUT2D eigenvalue weighted by atomic mass is 10.0. The van der Waals surface area contributed by atoms with Crippen molar-refractivity contribution in [1.82, 2.24) is 25.2 Å². The summed E-state index contributed by atoms with van der Waals surface area (Å²) in [6.45, 7) is 0.287. The highest BCUT2D eigenvalue weighted by Crippen LogP contribution is 2.35. The molecule has 1 aliphatic carbocycles. The quantitative estimate of drug-likeness (QED) is 0.314. The van der Waals surface area contributed by atoms with Gasteiger partial charge < -0.3 is 4.74 Å². The molecule has 4 aromatic rings. The molecule has 1 N–H and O–H groups in total. The first kappa shape index (κ1) is 24.0. The van der Waals surface area contributed by atoms with Crippen LogP contribution in [-0.4, -0.2) is 38.0 Å². The number of amides is 1. The molecule has 0 bridgehead atoms. The Morgan fingerprint density at radius 1 is 1.03 bits per heavy atom. The van der Waals surface area contributed by atoms with Crippen LogP contribution in [0.2, 0.25) is 0 Å². The monoisotopic (exact) mass is 501 g/mol. The van der Waals surface area contributed by atoms with Gasteiger partial charge in [0.1, 0.15) is 12.4 Å². The average molecular weight is 502 g/mol. The third-order valence-electron chi connectivity index (χ3n) is 6.08. The maximum Gasteiger partial charge on any atom is 0.274 e. The molecule has 1 saturated carbocycles. The largest absolute Gasteiger partial charge is 0.486 e. The number of carbonyl (C=O) groups is 1. The molecular weight excluding hydrogens is 474 g/mol. The number of rotatable bonds is 9. The number of carbonyl (C=O) groups excluding carboxylic acids is 1. The van der Waals surface area contributed by atoms with Gasteiger partial charge in [-0.3, -0.25) is 19.2 Å². The van der Waals surface area contributed by atoms with E-state index >= 15 is 0 Å². The number of thioether (sulfide) groups is 1. The molecule has 0 unspecified atom stereocenters. The third kappa shape index (κ3) is 5.58. The van der Waals surface area contributed by atoms with Crippen molar-refractivity contribution in [3.05, 3.63) is 84.4 Å². The second-order valence-electron chi connectivity index (χ2n) is 8.50. The lowest BCUT2D eigenvalue weighted by Crippen LogP contribution is -2.21. The number of nitrogens with zero attached hydrogens (tertiary/aromatic N) is 4. The first-order valence-corrected chi connectivity index (χ1v) is 12.8. The molecule has 0 radical (unpaired) electrons. The van der Waals surface area contributed by atoms with Gasteiger partial charge in [-0.05, 0) is 60.4 Å². The third-order valence-corrected chi connectivity index (χ3v) is 7.36. The number of hydrogen-bond donors (Lipinski definition) is 1. The van der Waals surface area contributed by atoms with Gasteiger partial charge in [0, 0.05) is 17.0 Å². The van der Waals surface area contributed by atoms with Gasteiger partial charge >= 0.3 is 0 Å². The minimum absolute atomic E-state index is 0.281. The second kappa shape index (κ2) is 11.4. The SMILES string of the molecule is CONC(=O)c1ccc(-c2ccc(OCc3nnc(SC4CCCC4)n3-c3cccnc3)cc2)cc1. The lowest BCUT2D eigenvalue weighted by Gasteiger charge is -2.13. The predicted octanol–water partition coefficient (Wildman–Crippen LogP) is 5.23. The molecule has 5 rings (SSSR count). The van der Waals surface area contributed by atoms with Crippen LogP contribution in [-0.2, 0) is 11.4 Å². The summed E-state index contributed by atoms with van der Waals surface area (Å²) in [5.74, 6) is 1.19. The predicted molar refractivity (Wildman–Crippen MR) is 138 cm³/mol. The summed E-state index contributed by atoms with van der Waals surface area (Å²) in [6.07, 6.45) is 8.56. The van der Waals surface area contributed by atoms with Crippen molar-refractivity contribution < 1.29 is 14.4 Å². The smallest absolute Gasteiger partial charge is 0.274 e. The summed E-state index contributed by atoms with van der Waals surface area (Å²) in [4.78, 5) is 20.8. The summed E-state index contributed by atoms with van der Waals surface area (Å²) < 4.78 is 8.13. The lowest BCUT2D eigenvalue weighted by molar-refractivity contribution is 0.0537. The Bertz CT molecular complexity index is 1290. The Balaban J connectivity index is 1.28. The molecule has 0 atom stereocenters. The van der Waals surface area contributed by atoms with Gasteiger partial charge in [-0.15, -0.1) is 10.2 Å². The fraction of sp³-hybridized carbons (Fsp3) is 0.259. The van der Waals surface area contributed by atoms with E-state index in [-0.39, 0.29) is 12.5 Å². The van der Waals surface area contributed by atoms with Crippen LogP contribution in [0.1, 0.15) is 41.9 Å². The van der Waals surface area contributed by atoms with E-state index in [0.717, 1.165) is 33.5 Å². The first-order chi connectivity index (χ1) is 17.7. The fourth-order valence-electron chi connectivity index (χ4n) is 4.23. The van der Waals surface area contributed by atoms with Gasteiger partial charge in [0.15, 0.2) is 11.0 Å². The summed E-state index contributed by atoms with van der Waals surface area (Å²) in [7, 11) is 1.41. The van der Waals surface area contributed by atoms with E-state index in [4.69, 9.17) is 4.74 Å². The highest BCUT2D eigenvalue weighted by molar-refractivity contribution is 7.99. The molecule has 0 saturated heterocycles. The summed E-state index contributed by atoms with van der Waals surface area (Å²) in [6, 6.07) is 19.1. The molecule has 2 aromatic heterocycles. The van der Waals surface area contributed by atoms with Crippen LogP contribution in [0.3, 0.4) is 0 Å². The van der Waals surface area contributed by atoms with Crippen LogP contribution in [0.5, 0.6) is 5.75 Å². The van der Waals surface area contributed by atoms with Crippen molar-refractivity contribution in [3.63, 3.8) is 0 Å². The molecular formula is C27H27N5O3S. The number of ether oxygens (including phenoxy) is 1. The van der Waals surface area contributed by atoms with Gasteiger partial charge in [0.05, 0.1) is 19.0 Å². The minimum Gasteiger partial charge on any atom is -0.486 e. The molecule has 1 fully saturated rings. The fourth-order valence-corrected chi connectivity index (χ4v) is 5.50. The molecule has 0 spiro atoms. The molecule has 184 valence electrons. The van der Waals surface area contributed by atoms with Crippen LogP contribution in [0, 0.1) is 0 Å². The van der Waals surface area contributed by atoms with Crippen molar-refractivity contribution in [1.29, 1.82) is 0 Å². The molecule has 8 nitrogen and oxygen atoms in total. The van der Waals surface area contributed by atoms with Crippen molar-refractivity contribution in [2.75, 3.05) is 7.11 Å². The molecule has 2 heterocycles. The van der Waals surface area contributed by atoms with Crippen LogP contribution in [0.25, 0.3) is 16.8 Å². The number of aromatic nitrogens is 4. The summed E-state index contributed by atoms with van der Waals surface area (Å²) in [5, 5.41) is 10.4. The molecule has 36 heavy (non-hydrogen) atoms. The Hall–Kier alpha value is -3.69. The number of benzene rings is 2. The Morgan fingerprint density at radius 2 is 1.75 bits per heavy atom. The summed E-state index contributed by atoms with van der Waals surface area (Å²) in [5.41, 5.74) is 5.80. The molecule has 1 aliphatic rings. The molecule has 2 aromatic carbocycles. The number of pyridine rings is 1. The van der Waals surface area contributed by atoms with E-state index in [9.17, 15) is 4.79 Å². The van der Waals surface area contributed by atoms with Crippen LogP contribution in [0.4, 0.5) is 0 Å². The number of hydrogen-bond acceptors (Lipinski definition) is 7. The number of hydroxylamine groups is 1. The van der Waals surface area contributed by atoms with Gasteiger partial charge in [-0.25, -0.2) is 5.48 Å². The van der Waals surface area contributed by atoms with E-state index in [0.29, 0.717) is 10.8 Å². The standard InChI is InChI=1S/C27H27N5O3S/c1-34-31-26(33)21-10-8-19(9-11-21)20-12-14-23(15-13-20)35-18-25-29-30-27(36-24-6-2-3-7-24)32(25)22-5-4-16-28-17-22/h4-5,8-17,24H,2-3,6-7,18H2,1H3,(H,31,33). The maximum absolute atomic E-state index is 11.9. The van der Waals surface area contributed by atoms with E-state index in [1.807, 2.05) is 59.3 Å². The van der Waals surface area contributed by atoms with E-state index < -0.39 is 0 Å². The van der Waals surface area contributed by atoms with Gasteiger partial charge in [0.25, 0.3) is 5.91 Å². The van der Waals surface area contributed by atoms with E-state index in [1.54, 1.807) is 30.1 Å². The van der Waals surface area contributed by atoms with E-state index in [1.165, 1.54) is 32.8 Å². The highest BCUT2D eigenvalue weighted by atomic mass is 32.2. The zero-order valence-corrected chi connectivity index (χ0v) is 20.8. The van der Waals surface area contributed by atoms with Gasteiger partial charge in [-0.2, -0.15) is 0 Å². The number of nitrogens with one attached hydrogen (secondary N) is 1. The average Bonchev–Trinajstić information content (AvgIpc) is 3.59. The van der Waals surface area contributed by atoms with Crippen molar-refractivity contribution in [2.45, 2.75) is 42.7 Å². The van der Waals surface area contributed by atoms with E-state index in [2.05, 4.69) is 25.5 Å². The first-order valence-electron chi connectivity index (χ1n) is 11.9. The topological polar surface area (TPSA) is 91.2 Å². The normalized spacial score (nSPS) is 13.6. The molecule has 0 aliphatic heterocycles. The van der Waals surface area contributed by atoms with Crippen molar-refractivity contribution >= 4 is 17.7 Å². The van der Waals surface area contributed by atoms with Crippen molar-refractivity contribution in [3.8, 4) is 22.6 Å². The Labute approximate surface area is 214 Å². The zero-order valence-electron chi connectivity index (χ0n) is 20.0. The minimum atomic E-state index is -0.281. The Morgan fingerprint density at radius 3 is 2.42 bits per heavy atom. The maximum atomic E-state index is 11.9. The van der Waals surface area contributed by atoms with Gasteiger partial charge in [-0.1, -0.05) is 48.9 Å². The van der Waals surface area contributed by atoms with Crippen LogP contribution >= 0.6 is 11.8 Å². The van der Waals surface area contributed by atoms with Gasteiger partial charge in [0.2, 0.25) is 0 Å². The second-order valence-corrected chi connectivity index (χ2v) is 9.76. The summed E-state index contributed by atoms with van der Waals surface area (Å²) >= 11 is 1.79. The van der Waals surface area contributed by atoms with Crippen LogP contribution < -0.4 is 10.2 Å². The highest BCUT2D eigenvalue weighted by Gasteiger charge is 2.22. The molecule has 1 amide bonds. The van der Waals surface area contributed by atoms with Crippen molar-refractivity contribution in [2.24, 2.45) is 0 Å². The zero-order chi connectivity index (χ0) is 24.7. The Kier molecular flexibility index (Phi) is 7.58.